The van der Waals surface area contributed by atoms with Crippen molar-refractivity contribution in [2.75, 3.05) is 0 Å². The molecule has 1 amide bonds. The maximum Gasteiger partial charge on any atom is 0.490 e. The molecule has 1 aliphatic carbocycles. The third kappa shape index (κ3) is 5.38. The van der Waals surface area contributed by atoms with Crippen LogP contribution in [0.5, 0.6) is 0 Å². The molecule has 10 heteroatoms. The standard InChI is InChI=1S/C22H22N4O.C2HF3O2/c27-22(16-9-8-14-10-11-23-20(14)13-16)24-17-5-3-4-15(12-17)21-25-18-6-1-2-7-19(18)26-21;3-2(4,5)1(6)7/h1-2,6-11,13,15,17,23H,3-5,12H2,(H,24,27)(H,25,26);(H,6,7)/t15-,17+;/m0./s1. The molecule has 178 valence electrons. The van der Waals surface area contributed by atoms with Gasteiger partial charge in [0.05, 0.1) is 11.0 Å². The molecule has 1 fully saturated rings. The van der Waals surface area contributed by atoms with Crippen LogP contribution in [-0.4, -0.2) is 44.2 Å². The maximum absolute atomic E-state index is 12.7. The van der Waals surface area contributed by atoms with E-state index >= 15 is 0 Å². The first-order valence-corrected chi connectivity index (χ1v) is 10.8. The van der Waals surface area contributed by atoms with Crippen molar-refractivity contribution < 1.29 is 27.9 Å². The Morgan fingerprint density at radius 1 is 1.06 bits per heavy atom. The molecule has 4 N–H and O–H groups in total. The van der Waals surface area contributed by atoms with Gasteiger partial charge in [-0.15, -0.1) is 0 Å². The molecule has 5 rings (SSSR count). The Balaban J connectivity index is 0.000000344. The first-order chi connectivity index (χ1) is 16.2. The van der Waals surface area contributed by atoms with Gasteiger partial charge in [0.15, 0.2) is 0 Å². The molecule has 2 heterocycles. The third-order valence-corrected chi connectivity index (χ3v) is 5.86. The summed E-state index contributed by atoms with van der Waals surface area (Å²) in [6, 6.07) is 16.1. The van der Waals surface area contributed by atoms with E-state index in [0.717, 1.165) is 53.4 Å². The molecule has 1 saturated carbocycles. The van der Waals surface area contributed by atoms with E-state index in [4.69, 9.17) is 14.9 Å². The Morgan fingerprint density at radius 2 is 1.82 bits per heavy atom. The summed E-state index contributed by atoms with van der Waals surface area (Å²) in [5.41, 5.74) is 3.79. The fourth-order valence-corrected chi connectivity index (χ4v) is 4.19. The van der Waals surface area contributed by atoms with Gasteiger partial charge in [0.1, 0.15) is 5.82 Å². The van der Waals surface area contributed by atoms with E-state index in [1.807, 2.05) is 48.7 Å². The number of carbonyl (C=O) groups excluding carboxylic acids is 1. The van der Waals surface area contributed by atoms with E-state index in [1.165, 1.54) is 0 Å². The number of aromatic nitrogens is 3. The van der Waals surface area contributed by atoms with Gasteiger partial charge in [-0.1, -0.05) is 24.6 Å². The van der Waals surface area contributed by atoms with E-state index in [9.17, 15) is 18.0 Å². The number of carboxylic acids is 1. The molecule has 2 aromatic heterocycles. The van der Waals surface area contributed by atoms with Crippen molar-refractivity contribution >= 4 is 33.8 Å². The number of imidazole rings is 1. The zero-order valence-electron chi connectivity index (χ0n) is 18.0. The molecule has 7 nitrogen and oxygen atoms in total. The van der Waals surface area contributed by atoms with Crippen LogP contribution >= 0.6 is 0 Å². The van der Waals surface area contributed by atoms with Crippen LogP contribution in [0, 0.1) is 0 Å². The zero-order chi connectivity index (χ0) is 24.3. The van der Waals surface area contributed by atoms with Crippen molar-refractivity contribution in [2.45, 2.75) is 43.8 Å². The minimum Gasteiger partial charge on any atom is -0.475 e. The van der Waals surface area contributed by atoms with Gasteiger partial charge in [0.25, 0.3) is 5.91 Å². The number of carboxylic acid groups (broad SMARTS) is 1. The lowest BCUT2D eigenvalue weighted by Crippen LogP contribution is -2.38. The highest BCUT2D eigenvalue weighted by Crippen LogP contribution is 2.32. The van der Waals surface area contributed by atoms with Gasteiger partial charge in [-0.05, 0) is 55.0 Å². The number of carbonyl (C=O) groups is 2. The highest BCUT2D eigenvalue weighted by molar-refractivity contribution is 5.98. The highest BCUT2D eigenvalue weighted by atomic mass is 19.4. The number of benzene rings is 2. The van der Waals surface area contributed by atoms with Crippen molar-refractivity contribution in [3.63, 3.8) is 0 Å². The summed E-state index contributed by atoms with van der Waals surface area (Å²) in [5, 5.41) is 11.5. The van der Waals surface area contributed by atoms with Gasteiger partial charge in [-0.2, -0.15) is 13.2 Å². The van der Waals surface area contributed by atoms with E-state index in [-0.39, 0.29) is 11.9 Å². The number of hydrogen-bond donors (Lipinski definition) is 4. The molecule has 0 unspecified atom stereocenters. The minimum atomic E-state index is -5.08. The number of alkyl halides is 3. The van der Waals surface area contributed by atoms with Gasteiger partial charge >= 0.3 is 12.1 Å². The average molecular weight is 472 g/mol. The number of halogens is 3. The minimum absolute atomic E-state index is 0.00163. The summed E-state index contributed by atoms with van der Waals surface area (Å²) in [6.07, 6.45) is 0.970. The number of aliphatic carboxylic acids is 1. The van der Waals surface area contributed by atoms with Gasteiger partial charge in [0, 0.05) is 29.2 Å². The largest absolute Gasteiger partial charge is 0.490 e. The predicted octanol–water partition coefficient (Wildman–Crippen LogP) is 5.13. The van der Waals surface area contributed by atoms with Crippen LogP contribution in [0.4, 0.5) is 13.2 Å². The van der Waals surface area contributed by atoms with Gasteiger partial charge in [-0.3, -0.25) is 4.79 Å². The second-order valence-corrected chi connectivity index (χ2v) is 8.26. The molecule has 4 aromatic rings. The second-order valence-electron chi connectivity index (χ2n) is 8.26. The average Bonchev–Trinajstić information content (AvgIpc) is 3.45. The Bertz CT molecular complexity index is 1280. The van der Waals surface area contributed by atoms with Gasteiger partial charge < -0.3 is 20.4 Å². The fourth-order valence-electron chi connectivity index (χ4n) is 4.19. The number of rotatable bonds is 3. The monoisotopic (exact) mass is 472 g/mol. The first-order valence-electron chi connectivity index (χ1n) is 10.8. The van der Waals surface area contributed by atoms with Crippen LogP contribution in [0.15, 0.2) is 54.7 Å². The highest BCUT2D eigenvalue weighted by Gasteiger charge is 2.38. The molecule has 0 bridgehead atoms. The molecule has 2 aromatic carbocycles. The van der Waals surface area contributed by atoms with Crippen molar-refractivity contribution in [2.24, 2.45) is 0 Å². The molecule has 0 saturated heterocycles. The predicted molar refractivity (Wildman–Crippen MR) is 121 cm³/mol. The number of fused-ring (bicyclic) bond motifs is 2. The Morgan fingerprint density at radius 3 is 2.56 bits per heavy atom. The Labute approximate surface area is 192 Å². The van der Waals surface area contributed by atoms with E-state index in [1.54, 1.807) is 0 Å². The lowest BCUT2D eigenvalue weighted by Gasteiger charge is -2.28. The van der Waals surface area contributed by atoms with Crippen LogP contribution in [0.25, 0.3) is 21.9 Å². The lowest BCUT2D eigenvalue weighted by atomic mass is 9.85. The number of H-pyrrole nitrogens is 2. The lowest BCUT2D eigenvalue weighted by molar-refractivity contribution is -0.192. The van der Waals surface area contributed by atoms with Crippen molar-refractivity contribution in [1.82, 2.24) is 20.3 Å². The number of para-hydroxylation sites is 2. The molecule has 0 aliphatic heterocycles. The fraction of sp³-hybridized carbons (Fsp3) is 0.292. The number of hydrogen-bond acceptors (Lipinski definition) is 3. The summed E-state index contributed by atoms with van der Waals surface area (Å²) < 4.78 is 31.7. The van der Waals surface area contributed by atoms with E-state index in [0.29, 0.717) is 11.5 Å². The third-order valence-electron chi connectivity index (χ3n) is 5.86. The van der Waals surface area contributed by atoms with Crippen molar-refractivity contribution in [1.29, 1.82) is 0 Å². The van der Waals surface area contributed by atoms with Crippen LogP contribution < -0.4 is 5.32 Å². The summed E-state index contributed by atoms with van der Waals surface area (Å²) in [4.78, 5) is 33.0. The van der Waals surface area contributed by atoms with E-state index in [2.05, 4.69) is 21.4 Å². The molecule has 1 aliphatic rings. The summed E-state index contributed by atoms with van der Waals surface area (Å²) in [5.74, 6) is -1.35. The summed E-state index contributed by atoms with van der Waals surface area (Å²) >= 11 is 0. The van der Waals surface area contributed by atoms with Crippen LogP contribution in [0.3, 0.4) is 0 Å². The summed E-state index contributed by atoms with van der Waals surface area (Å²) in [6.45, 7) is 0. The smallest absolute Gasteiger partial charge is 0.475 e. The zero-order valence-corrected chi connectivity index (χ0v) is 18.0. The maximum atomic E-state index is 12.7. The number of nitrogens with one attached hydrogen (secondary N) is 3. The number of nitrogens with zero attached hydrogens (tertiary/aromatic N) is 1. The van der Waals surface area contributed by atoms with Crippen LogP contribution in [-0.2, 0) is 4.79 Å². The van der Waals surface area contributed by atoms with E-state index < -0.39 is 12.1 Å². The van der Waals surface area contributed by atoms with Gasteiger partial charge in [0.2, 0.25) is 0 Å². The quantitative estimate of drug-likeness (QED) is 0.331. The van der Waals surface area contributed by atoms with Crippen LogP contribution in [0.2, 0.25) is 0 Å². The normalized spacial score (nSPS) is 18.3. The van der Waals surface area contributed by atoms with Gasteiger partial charge in [-0.25, -0.2) is 9.78 Å². The molecular formula is C24H23F3N4O3. The molecule has 2 atom stereocenters. The van der Waals surface area contributed by atoms with Crippen LogP contribution in [0.1, 0.15) is 47.8 Å². The number of amides is 1. The summed E-state index contributed by atoms with van der Waals surface area (Å²) in [7, 11) is 0. The Kier molecular flexibility index (Phi) is 6.58. The Hall–Kier alpha value is -3.82. The number of aromatic amines is 2. The topological polar surface area (TPSA) is 111 Å². The second kappa shape index (κ2) is 9.58. The SMILES string of the molecule is O=C(N[C@@H]1CCC[C@H](c2nc3ccccc3[nH]2)C1)c1ccc2cc[nH]c2c1.O=C(O)C(F)(F)F. The molecule has 34 heavy (non-hydrogen) atoms. The molecule has 0 spiro atoms. The molecular weight excluding hydrogens is 449 g/mol. The molecule has 0 radical (unpaired) electrons. The first kappa shape index (κ1) is 23.3. The van der Waals surface area contributed by atoms with Crippen molar-refractivity contribution in [3.05, 3.63) is 66.1 Å². The van der Waals surface area contributed by atoms with Crippen molar-refractivity contribution in [3.8, 4) is 0 Å².